The third-order valence-corrected chi connectivity index (χ3v) is 5.18. The lowest BCUT2D eigenvalue weighted by atomic mass is 9.79. The number of anilines is 1. The zero-order chi connectivity index (χ0) is 17.5. The van der Waals surface area contributed by atoms with Crippen LogP contribution in [0.5, 0.6) is 0 Å². The van der Waals surface area contributed by atoms with Gasteiger partial charge in [-0.05, 0) is 80.1 Å². The molecule has 1 unspecified atom stereocenters. The molecule has 0 saturated carbocycles. The van der Waals surface area contributed by atoms with E-state index in [2.05, 4.69) is 56.8 Å². The summed E-state index contributed by atoms with van der Waals surface area (Å²) < 4.78 is 13.3. The summed E-state index contributed by atoms with van der Waals surface area (Å²) in [5.41, 5.74) is 5.75. The van der Waals surface area contributed by atoms with Crippen molar-refractivity contribution in [2.45, 2.75) is 45.6 Å². The summed E-state index contributed by atoms with van der Waals surface area (Å²) in [7, 11) is 2.17. The summed E-state index contributed by atoms with van der Waals surface area (Å²) in [6.45, 7) is 8.98. The Kier molecular flexibility index (Phi) is 4.20. The van der Waals surface area contributed by atoms with Crippen LogP contribution in [0.3, 0.4) is 0 Å². The topological polar surface area (TPSA) is 15.6 Å². The zero-order valence-electron chi connectivity index (χ0n) is 15.1. The molecule has 1 atom stereocenters. The van der Waals surface area contributed by atoms with Crippen LogP contribution in [0.25, 0.3) is 0 Å². The van der Waals surface area contributed by atoms with Gasteiger partial charge >= 0.3 is 0 Å². The van der Waals surface area contributed by atoms with E-state index >= 15 is 0 Å². The second-order valence-electron chi connectivity index (χ2n) is 7.48. The van der Waals surface area contributed by atoms with Crippen molar-refractivity contribution in [3.8, 4) is 0 Å². The molecule has 0 bridgehead atoms. The van der Waals surface area contributed by atoms with Gasteiger partial charge in [0.05, 0.1) is 5.69 Å². The highest BCUT2D eigenvalue weighted by Gasteiger charge is 2.34. The van der Waals surface area contributed by atoms with Crippen molar-refractivity contribution in [2.24, 2.45) is 4.99 Å². The second-order valence-corrected chi connectivity index (χ2v) is 7.48. The Hall–Kier alpha value is -2.16. The monoisotopic (exact) mass is 324 g/mol. The van der Waals surface area contributed by atoms with Gasteiger partial charge in [0, 0.05) is 24.5 Å². The molecule has 0 N–H and O–H groups in total. The molecule has 0 aromatic heterocycles. The Morgan fingerprint density at radius 3 is 2.71 bits per heavy atom. The van der Waals surface area contributed by atoms with Crippen LogP contribution in [0.15, 0.2) is 41.4 Å². The molecule has 2 nitrogen and oxygen atoms in total. The Labute approximate surface area is 144 Å². The molecular formula is C21H25FN2. The molecule has 2 aromatic carbocycles. The summed E-state index contributed by atoms with van der Waals surface area (Å²) in [6, 6.07) is 10.9. The normalized spacial score (nSPS) is 19.6. The molecule has 126 valence electrons. The van der Waals surface area contributed by atoms with Gasteiger partial charge in [0.1, 0.15) is 5.82 Å². The first-order valence-corrected chi connectivity index (χ1v) is 8.46. The van der Waals surface area contributed by atoms with Gasteiger partial charge < -0.3 is 4.90 Å². The van der Waals surface area contributed by atoms with E-state index in [1.54, 1.807) is 6.07 Å². The van der Waals surface area contributed by atoms with Crippen LogP contribution >= 0.6 is 0 Å². The standard InChI is InChI=1S/C21H25FN2/c1-14-9-20-19(15(2)12-21(3,4)24(20)5)10-16(14)13-23-18-8-6-7-17(22)11-18/h6-11,13,15H,12H2,1-5H3. The van der Waals surface area contributed by atoms with Gasteiger partial charge in [-0.15, -0.1) is 0 Å². The minimum Gasteiger partial charge on any atom is -0.369 e. The van der Waals surface area contributed by atoms with Gasteiger partial charge in [0.25, 0.3) is 0 Å². The molecule has 3 rings (SSSR count). The zero-order valence-corrected chi connectivity index (χ0v) is 15.1. The molecule has 0 fully saturated rings. The summed E-state index contributed by atoms with van der Waals surface area (Å²) in [5.74, 6) is 0.248. The average Bonchev–Trinajstić information content (AvgIpc) is 2.51. The maximum Gasteiger partial charge on any atom is 0.125 e. The third kappa shape index (κ3) is 3.08. The molecule has 0 radical (unpaired) electrons. The highest BCUT2D eigenvalue weighted by molar-refractivity contribution is 5.85. The predicted molar refractivity (Wildman–Crippen MR) is 100 cm³/mol. The molecule has 0 amide bonds. The Morgan fingerprint density at radius 2 is 2.00 bits per heavy atom. The van der Waals surface area contributed by atoms with E-state index in [4.69, 9.17) is 0 Å². The van der Waals surface area contributed by atoms with Crippen molar-refractivity contribution in [3.05, 3.63) is 58.9 Å². The van der Waals surface area contributed by atoms with Gasteiger partial charge in [-0.25, -0.2) is 4.39 Å². The molecule has 24 heavy (non-hydrogen) atoms. The van der Waals surface area contributed by atoms with Crippen LogP contribution in [-0.2, 0) is 0 Å². The van der Waals surface area contributed by atoms with Gasteiger partial charge in [0.2, 0.25) is 0 Å². The summed E-state index contributed by atoms with van der Waals surface area (Å²) in [4.78, 5) is 6.82. The Bertz CT molecular complexity index is 792. The molecule has 0 saturated heterocycles. The van der Waals surface area contributed by atoms with E-state index in [1.807, 2.05) is 12.3 Å². The second kappa shape index (κ2) is 6.04. The lowest BCUT2D eigenvalue weighted by molar-refractivity contribution is 0.395. The summed E-state index contributed by atoms with van der Waals surface area (Å²) in [5, 5.41) is 0. The first kappa shape index (κ1) is 16.7. The van der Waals surface area contributed by atoms with Crippen LogP contribution in [0, 0.1) is 12.7 Å². The van der Waals surface area contributed by atoms with E-state index in [1.165, 1.54) is 28.9 Å². The van der Waals surface area contributed by atoms with Crippen molar-refractivity contribution >= 4 is 17.6 Å². The number of nitrogens with zero attached hydrogens (tertiary/aromatic N) is 2. The first-order valence-electron chi connectivity index (χ1n) is 8.46. The number of benzene rings is 2. The van der Waals surface area contributed by atoms with Gasteiger partial charge in [-0.3, -0.25) is 4.99 Å². The highest BCUT2D eigenvalue weighted by atomic mass is 19.1. The number of halogens is 1. The first-order chi connectivity index (χ1) is 11.3. The van der Waals surface area contributed by atoms with E-state index in [0.29, 0.717) is 11.6 Å². The Morgan fingerprint density at radius 1 is 1.25 bits per heavy atom. The number of aliphatic imine (C=N–C) groups is 1. The molecule has 1 aliphatic heterocycles. The van der Waals surface area contributed by atoms with Gasteiger partial charge in [0.15, 0.2) is 0 Å². The number of rotatable bonds is 2. The van der Waals surface area contributed by atoms with Gasteiger partial charge in [-0.1, -0.05) is 13.0 Å². The van der Waals surface area contributed by atoms with E-state index < -0.39 is 0 Å². The van der Waals surface area contributed by atoms with E-state index in [0.717, 1.165) is 12.0 Å². The molecule has 0 spiro atoms. The highest BCUT2D eigenvalue weighted by Crippen LogP contribution is 2.43. The average molecular weight is 324 g/mol. The van der Waals surface area contributed by atoms with Crippen molar-refractivity contribution in [3.63, 3.8) is 0 Å². The van der Waals surface area contributed by atoms with E-state index in [9.17, 15) is 4.39 Å². The Balaban J connectivity index is 1.99. The van der Waals surface area contributed by atoms with Crippen LogP contribution in [-0.4, -0.2) is 18.8 Å². The molecule has 3 heteroatoms. The van der Waals surface area contributed by atoms with Crippen molar-refractivity contribution in [2.75, 3.05) is 11.9 Å². The number of aryl methyl sites for hydroxylation is 1. The lowest BCUT2D eigenvalue weighted by Crippen LogP contribution is -2.45. The summed E-state index contributed by atoms with van der Waals surface area (Å²) in [6.07, 6.45) is 2.97. The molecule has 2 aromatic rings. The predicted octanol–water partition coefficient (Wildman–Crippen LogP) is 5.61. The van der Waals surface area contributed by atoms with Crippen LogP contribution in [0.2, 0.25) is 0 Å². The lowest BCUT2D eigenvalue weighted by Gasteiger charge is -2.45. The summed E-state index contributed by atoms with van der Waals surface area (Å²) >= 11 is 0. The minimum absolute atomic E-state index is 0.163. The third-order valence-electron chi connectivity index (χ3n) is 5.18. The largest absolute Gasteiger partial charge is 0.369 e. The van der Waals surface area contributed by atoms with Crippen molar-refractivity contribution in [1.82, 2.24) is 0 Å². The maximum atomic E-state index is 13.3. The van der Waals surface area contributed by atoms with Crippen molar-refractivity contribution < 1.29 is 4.39 Å². The number of fused-ring (bicyclic) bond motifs is 1. The number of hydrogen-bond donors (Lipinski definition) is 0. The SMILES string of the molecule is Cc1cc2c(cc1C=Nc1cccc(F)c1)C(C)CC(C)(C)N2C. The van der Waals surface area contributed by atoms with Crippen LogP contribution in [0.1, 0.15) is 49.8 Å². The molecule has 1 heterocycles. The van der Waals surface area contributed by atoms with Crippen LogP contribution < -0.4 is 4.90 Å². The van der Waals surface area contributed by atoms with Gasteiger partial charge in [-0.2, -0.15) is 0 Å². The maximum absolute atomic E-state index is 13.3. The molecular weight excluding hydrogens is 299 g/mol. The van der Waals surface area contributed by atoms with E-state index in [-0.39, 0.29) is 11.4 Å². The fraction of sp³-hybridized carbons (Fsp3) is 0.381. The minimum atomic E-state index is -0.260. The quantitative estimate of drug-likeness (QED) is 0.656. The molecule has 1 aliphatic rings. The van der Waals surface area contributed by atoms with Crippen molar-refractivity contribution in [1.29, 1.82) is 0 Å². The number of hydrogen-bond acceptors (Lipinski definition) is 2. The molecule has 0 aliphatic carbocycles. The smallest absolute Gasteiger partial charge is 0.125 e. The fourth-order valence-electron chi connectivity index (χ4n) is 3.57. The fourth-order valence-corrected chi connectivity index (χ4v) is 3.57. The van der Waals surface area contributed by atoms with Crippen LogP contribution in [0.4, 0.5) is 15.8 Å².